The molecule has 0 spiro atoms. The maximum Gasteiger partial charge on any atom is 0.105 e. The summed E-state index contributed by atoms with van der Waals surface area (Å²) in [5, 5.41) is 3.61. The van der Waals surface area contributed by atoms with Gasteiger partial charge in [-0.3, -0.25) is 0 Å². The SMILES string of the molecule is C=C[C@H]1N[C@@H](COCc2ccccc2)[C@@H](OCc2ccccc2)[C@@H]1OCc1ccccc1. The van der Waals surface area contributed by atoms with E-state index in [9.17, 15) is 0 Å². The lowest BCUT2D eigenvalue weighted by atomic mass is 10.1. The van der Waals surface area contributed by atoms with E-state index in [1.807, 2.05) is 60.7 Å². The summed E-state index contributed by atoms with van der Waals surface area (Å²) in [5.74, 6) is 0. The van der Waals surface area contributed by atoms with Gasteiger partial charge >= 0.3 is 0 Å². The average molecular weight is 430 g/mol. The van der Waals surface area contributed by atoms with E-state index in [-0.39, 0.29) is 24.3 Å². The van der Waals surface area contributed by atoms with Crippen LogP contribution in [0.5, 0.6) is 0 Å². The van der Waals surface area contributed by atoms with Crippen LogP contribution in [-0.4, -0.2) is 30.9 Å². The van der Waals surface area contributed by atoms with Gasteiger partial charge in [-0.1, -0.05) is 97.1 Å². The van der Waals surface area contributed by atoms with E-state index in [0.29, 0.717) is 26.4 Å². The molecule has 166 valence electrons. The van der Waals surface area contributed by atoms with Gasteiger partial charge in [-0.15, -0.1) is 6.58 Å². The highest BCUT2D eigenvalue weighted by Gasteiger charge is 2.43. The van der Waals surface area contributed by atoms with Crippen LogP contribution in [0.1, 0.15) is 16.7 Å². The van der Waals surface area contributed by atoms with Crippen molar-refractivity contribution in [3.8, 4) is 0 Å². The summed E-state index contributed by atoms with van der Waals surface area (Å²) in [7, 11) is 0. The first-order valence-electron chi connectivity index (χ1n) is 11.1. The smallest absolute Gasteiger partial charge is 0.105 e. The molecular weight excluding hydrogens is 398 g/mol. The summed E-state index contributed by atoms with van der Waals surface area (Å²) < 4.78 is 18.9. The molecule has 4 nitrogen and oxygen atoms in total. The molecule has 1 N–H and O–H groups in total. The molecule has 0 radical (unpaired) electrons. The zero-order chi connectivity index (χ0) is 22.0. The minimum atomic E-state index is -0.155. The van der Waals surface area contributed by atoms with Gasteiger partial charge in [0.05, 0.1) is 38.5 Å². The fourth-order valence-corrected chi connectivity index (χ4v) is 4.04. The minimum Gasteiger partial charge on any atom is -0.375 e. The normalized spacial score (nSPS) is 22.6. The molecule has 3 aromatic carbocycles. The molecule has 1 aliphatic heterocycles. The van der Waals surface area contributed by atoms with Gasteiger partial charge in [0.2, 0.25) is 0 Å². The van der Waals surface area contributed by atoms with Crippen LogP contribution in [0.2, 0.25) is 0 Å². The van der Waals surface area contributed by atoms with Crippen molar-refractivity contribution in [1.29, 1.82) is 0 Å². The van der Waals surface area contributed by atoms with Crippen LogP contribution in [0.3, 0.4) is 0 Å². The van der Waals surface area contributed by atoms with E-state index >= 15 is 0 Å². The van der Waals surface area contributed by atoms with Gasteiger partial charge in [-0.05, 0) is 16.7 Å². The molecule has 1 fully saturated rings. The zero-order valence-electron chi connectivity index (χ0n) is 18.3. The molecule has 0 saturated carbocycles. The molecule has 32 heavy (non-hydrogen) atoms. The standard InChI is InChI=1S/C28H31NO3/c1-2-25-27(31-19-23-14-8-4-9-15-23)28(32-20-24-16-10-5-11-17-24)26(29-25)21-30-18-22-12-6-3-7-13-22/h2-17,25-29H,1,18-21H2/t25-,26+,27-,28-/m1/s1. The summed E-state index contributed by atoms with van der Waals surface area (Å²) >= 11 is 0. The Kier molecular flexibility index (Phi) is 8.23. The summed E-state index contributed by atoms with van der Waals surface area (Å²) in [5.41, 5.74) is 3.44. The first-order chi connectivity index (χ1) is 15.8. The molecule has 0 bridgehead atoms. The second kappa shape index (κ2) is 11.7. The van der Waals surface area contributed by atoms with Crippen molar-refractivity contribution in [3.05, 3.63) is 120 Å². The highest BCUT2D eigenvalue weighted by atomic mass is 16.5. The van der Waals surface area contributed by atoms with Gasteiger partial charge in [0.25, 0.3) is 0 Å². The number of rotatable bonds is 11. The van der Waals surface area contributed by atoms with E-state index in [1.54, 1.807) is 0 Å². The van der Waals surface area contributed by atoms with Crippen molar-refractivity contribution in [2.24, 2.45) is 0 Å². The number of benzene rings is 3. The minimum absolute atomic E-state index is 0.00574. The van der Waals surface area contributed by atoms with Crippen LogP contribution in [0.25, 0.3) is 0 Å². The predicted octanol–water partition coefficient (Wildman–Crippen LogP) is 4.90. The fraction of sp³-hybridized carbons (Fsp3) is 0.286. The number of hydrogen-bond acceptors (Lipinski definition) is 4. The Morgan fingerprint density at radius 2 is 1.12 bits per heavy atom. The highest BCUT2D eigenvalue weighted by molar-refractivity contribution is 5.16. The first-order valence-corrected chi connectivity index (χ1v) is 11.1. The Labute approximate surface area is 190 Å². The molecule has 4 rings (SSSR count). The lowest BCUT2D eigenvalue weighted by Crippen LogP contribution is -2.40. The Balaban J connectivity index is 1.43. The van der Waals surface area contributed by atoms with Crippen molar-refractivity contribution >= 4 is 0 Å². The molecule has 4 atom stereocenters. The van der Waals surface area contributed by atoms with E-state index in [0.717, 1.165) is 16.7 Å². The maximum atomic E-state index is 6.42. The molecule has 0 aliphatic carbocycles. The van der Waals surface area contributed by atoms with Crippen molar-refractivity contribution in [2.45, 2.75) is 44.1 Å². The summed E-state index contributed by atoms with van der Waals surface area (Å²) in [6.45, 7) is 6.18. The molecule has 0 unspecified atom stereocenters. The Morgan fingerprint density at radius 1 is 0.656 bits per heavy atom. The van der Waals surface area contributed by atoms with Crippen LogP contribution in [0, 0.1) is 0 Å². The third-order valence-corrected chi connectivity index (χ3v) is 5.71. The van der Waals surface area contributed by atoms with Crippen molar-refractivity contribution in [3.63, 3.8) is 0 Å². The number of hydrogen-bond donors (Lipinski definition) is 1. The van der Waals surface area contributed by atoms with Crippen LogP contribution in [0.4, 0.5) is 0 Å². The Hall–Kier alpha value is -2.76. The Bertz CT molecular complexity index is 933. The van der Waals surface area contributed by atoms with Gasteiger partial charge < -0.3 is 19.5 Å². The fourth-order valence-electron chi connectivity index (χ4n) is 4.04. The van der Waals surface area contributed by atoms with E-state index < -0.39 is 0 Å². The monoisotopic (exact) mass is 429 g/mol. The van der Waals surface area contributed by atoms with Crippen molar-refractivity contribution in [2.75, 3.05) is 6.61 Å². The van der Waals surface area contributed by atoms with Gasteiger partial charge in [-0.25, -0.2) is 0 Å². The van der Waals surface area contributed by atoms with E-state index in [4.69, 9.17) is 14.2 Å². The van der Waals surface area contributed by atoms with Crippen LogP contribution in [-0.2, 0) is 34.0 Å². The third-order valence-electron chi connectivity index (χ3n) is 5.71. The van der Waals surface area contributed by atoms with Gasteiger partial charge in [0.15, 0.2) is 0 Å². The van der Waals surface area contributed by atoms with Crippen molar-refractivity contribution < 1.29 is 14.2 Å². The second-order valence-corrected chi connectivity index (χ2v) is 8.06. The third kappa shape index (κ3) is 6.15. The predicted molar refractivity (Wildman–Crippen MR) is 127 cm³/mol. The molecule has 1 saturated heterocycles. The van der Waals surface area contributed by atoms with Crippen LogP contribution < -0.4 is 5.32 Å². The molecule has 1 aliphatic rings. The lowest BCUT2D eigenvalue weighted by molar-refractivity contribution is -0.0828. The highest BCUT2D eigenvalue weighted by Crippen LogP contribution is 2.25. The van der Waals surface area contributed by atoms with Crippen LogP contribution >= 0.6 is 0 Å². The molecule has 4 heteroatoms. The quantitative estimate of drug-likeness (QED) is 0.440. The van der Waals surface area contributed by atoms with Gasteiger partial charge in [0, 0.05) is 0 Å². The Morgan fingerprint density at radius 3 is 1.62 bits per heavy atom. The largest absolute Gasteiger partial charge is 0.375 e. The molecular formula is C28H31NO3. The first kappa shape index (κ1) is 22.4. The second-order valence-electron chi connectivity index (χ2n) is 8.06. The summed E-state index contributed by atoms with van der Waals surface area (Å²) in [6.07, 6.45) is 1.60. The molecule has 0 aromatic heterocycles. The number of nitrogens with one attached hydrogen (secondary N) is 1. The summed E-state index contributed by atoms with van der Waals surface area (Å²) in [4.78, 5) is 0. The average Bonchev–Trinajstić information content (AvgIpc) is 3.19. The van der Waals surface area contributed by atoms with Gasteiger partial charge in [0.1, 0.15) is 12.2 Å². The topological polar surface area (TPSA) is 39.7 Å². The molecule has 0 amide bonds. The van der Waals surface area contributed by atoms with E-state index in [1.165, 1.54) is 0 Å². The molecule has 3 aromatic rings. The van der Waals surface area contributed by atoms with E-state index in [2.05, 4.69) is 48.3 Å². The van der Waals surface area contributed by atoms with Gasteiger partial charge in [-0.2, -0.15) is 0 Å². The van der Waals surface area contributed by atoms with Crippen molar-refractivity contribution in [1.82, 2.24) is 5.32 Å². The maximum absolute atomic E-state index is 6.42. The zero-order valence-corrected chi connectivity index (χ0v) is 18.3. The lowest BCUT2D eigenvalue weighted by Gasteiger charge is -2.26. The van der Waals surface area contributed by atoms with Crippen LogP contribution in [0.15, 0.2) is 104 Å². The number of ether oxygens (including phenoxy) is 3. The molecule has 1 heterocycles. The summed E-state index contributed by atoms with van der Waals surface area (Å²) in [6, 6.07) is 30.7.